The predicted octanol–water partition coefficient (Wildman–Crippen LogP) is 1.98. The van der Waals surface area contributed by atoms with Gasteiger partial charge in [0, 0.05) is 12.7 Å². The fourth-order valence-corrected chi connectivity index (χ4v) is 4.08. The van der Waals surface area contributed by atoms with Gasteiger partial charge in [0.2, 0.25) is 5.79 Å². The van der Waals surface area contributed by atoms with Crippen molar-refractivity contribution in [3.63, 3.8) is 0 Å². The van der Waals surface area contributed by atoms with Crippen molar-refractivity contribution in [2.75, 3.05) is 7.11 Å². The Morgan fingerprint density at radius 1 is 1.11 bits per heavy atom. The molecule has 2 atom stereocenters. The number of hydrogen-bond acceptors (Lipinski definition) is 8. The average molecular weight is 376 g/mol. The van der Waals surface area contributed by atoms with E-state index >= 15 is 0 Å². The summed E-state index contributed by atoms with van der Waals surface area (Å²) in [7, 11) is 1.27. The van der Waals surface area contributed by atoms with Gasteiger partial charge in [-0.2, -0.15) is 0 Å². The number of aliphatic hydroxyl groups excluding tert-OH is 1. The molecule has 0 unspecified atom stereocenters. The number of fused-ring (bicyclic) bond motifs is 3. The van der Waals surface area contributed by atoms with Crippen molar-refractivity contribution in [3.8, 4) is 17.2 Å². The summed E-state index contributed by atoms with van der Waals surface area (Å²) in [6, 6.07) is 0. The van der Waals surface area contributed by atoms with Crippen LogP contribution in [0.4, 0.5) is 0 Å². The molecule has 8 nitrogen and oxygen atoms in total. The molecule has 1 heterocycles. The number of rotatable bonds is 3. The summed E-state index contributed by atoms with van der Waals surface area (Å²) < 4.78 is 11.3. The molecule has 0 bridgehead atoms. The first-order valence-electron chi connectivity index (χ1n) is 8.26. The first-order valence-corrected chi connectivity index (χ1v) is 8.26. The summed E-state index contributed by atoms with van der Waals surface area (Å²) in [4.78, 5) is 36.4. The lowest BCUT2D eigenvalue weighted by molar-refractivity contribution is -0.199. The van der Waals surface area contributed by atoms with Gasteiger partial charge in [-0.15, -0.1) is 0 Å². The van der Waals surface area contributed by atoms with Crippen LogP contribution < -0.4 is 4.74 Å². The Morgan fingerprint density at radius 3 is 2.19 bits per heavy atom. The van der Waals surface area contributed by atoms with Crippen molar-refractivity contribution in [2.24, 2.45) is 0 Å². The topological polar surface area (TPSA) is 130 Å². The molecule has 0 fully saturated rings. The maximum Gasteiger partial charge on any atom is 0.234 e. The Hall–Kier alpha value is -2.87. The standard InChI is InChI=1S/C19H20O8/c1-7-14(23)12(9(3)21)15(24)13-16(7)27-19(26-5)6-10(22)11(8(2)20)17(25)18(13,19)4/h23-25H,6H2,1-5H3/t18-,19-/m1/s1. The van der Waals surface area contributed by atoms with E-state index in [9.17, 15) is 29.7 Å². The predicted molar refractivity (Wildman–Crippen MR) is 92.2 cm³/mol. The van der Waals surface area contributed by atoms with E-state index in [1.807, 2.05) is 0 Å². The van der Waals surface area contributed by atoms with Crippen LogP contribution >= 0.6 is 0 Å². The van der Waals surface area contributed by atoms with Crippen molar-refractivity contribution < 1.29 is 39.2 Å². The average Bonchev–Trinajstić information content (AvgIpc) is 2.83. The molecule has 144 valence electrons. The highest BCUT2D eigenvalue weighted by Crippen LogP contribution is 2.62. The minimum atomic E-state index is -1.75. The highest BCUT2D eigenvalue weighted by molar-refractivity contribution is 6.21. The van der Waals surface area contributed by atoms with Crippen molar-refractivity contribution >= 4 is 17.3 Å². The van der Waals surface area contributed by atoms with Crippen LogP contribution in [0.1, 0.15) is 48.7 Å². The highest BCUT2D eigenvalue weighted by Gasteiger charge is 2.67. The molecule has 1 aliphatic carbocycles. The smallest absolute Gasteiger partial charge is 0.234 e. The minimum Gasteiger partial charge on any atom is -0.510 e. The molecular formula is C19H20O8. The molecule has 0 saturated heterocycles. The van der Waals surface area contributed by atoms with E-state index < -0.39 is 57.8 Å². The van der Waals surface area contributed by atoms with E-state index in [0.717, 1.165) is 6.92 Å². The lowest BCUT2D eigenvalue weighted by atomic mass is 9.66. The van der Waals surface area contributed by atoms with Crippen molar-refractivity contribution in [3.05, 3.63) is 28.0 Å². The number of aromatic hydroxyl groups is 2. The van der Waals surface area contributed by atoms with Gasteiger partial charge in [-0.1, -0.05) is 0 Å². The number of benzene rings is 1. The number of carbonyl (C=O) groups is 3. The Balaban J connectivity index is 2.51. The monoisotopic (exact) mass is 376 g/mol. The lowest BCUT2D eigenvalue weighted by Crippen LogP contribution is -2.57. The number of methoxy groups -OCH3 is 1. The molecule has 0 amide bonds. The molecule has 0 saturated carbocycles. The fraction of sp³-hybridized carbons (Fsp3) is 0.421. The first kappa shape index (κ1) is 18.9. The molecule has 1 aliphatic heterocycles. The molecule has 0 radical (unpaired) electrons. The van der Waals surface area contributed by atoms with Gasteiger partial charge >= 0.3 is 0 Å². The van der Waals surface area contributed by atoms with Gasteiger partial charge < -0.3 is 24.8 Å². The number of phenolic OH excluding ortho intramolecular Hbond substituents is 2. The molecule has 1 aromatic rings. The molecule has 0 spiro atoms. The second-order valence-electron chi connectivity index (χ2n) is 7.02. The van der Waals surface area contributed by atoms with E-state index in [4.69, 9.17) is 9.47 Å². The molecule has 3 rings (SSSR count). The van der Waals surface area contributed by atoms with Crippen LogP contribution in [0.5, 0.6) is 17.2 Å². The van der Waals surface area contributed by atoms with Crippen molar-refractivity contribution in [1.82, 2.24) is 0 Å². The SMILES string of the molecule is CO[C@@]12CC(=O)C(C(C)=O)=C(O)[C@@]1(C)c1c(O)c(C(C)=O)c(O)c(C)c1O2. The number of phenols is 2. The molecule has 2 aliphatic rings. The zero-order valence-corrected chi connectivity index (χ0v) is 15.6. The number of ketones is 3. The van der Waals surface area contributed by atoms with Crippen LogP contribution in [-0.2, 0) is 19.7 Å². The number of hydrogen-bond donors (Lipinski definition) is 3. The van der Waals surface area contributed by atoms with E-state index in [0.29, 0.717) is 0 Å². The number of allylic oxidation sites excluding steroid dienone is 1. The summed E-state index contributed by atoms with van der Waals surface area (Å²) >= 11 is 0. The van der Waals surface area contributed by atoms with Gasteiger partial charge in [-0.3, -0.25) is 14.4 Å². The third-order valence-corrected chi connectivity index (χ3v) is 5.58. The zero-order valence-electron chi connectivity index (χ0n) is 15.6. The maximum absolute atomic E-state index is 12.5. The second-order valence-corrected chi connectivity index (χ2v) is 7.02. The number of Topliss-reactive ketones (excluding diaryl/α,β-unsaturated/α-hetero) is 3. The molecular weight excluding hydrogens is 356 g/mol. The van der Waals surface area contributed by atoms with Crippen LogP contribution in [0.25, 0.3) is 0 Å². The molecule has 27 heavy (non-hydrogen) atoms. The lowest BCUT2D eigenvalue weighted by Gasteiger charge is -2.43. The minimum absolute atomic E-state index is 0.0106. The molecule has 3 N–H and O–H groups in total. The summed E-state index contributed by atoms with van der Waals surface area (Å²) in [5, 5.41) is 32.1. The normalized spacial score (nSPS) is 26.5. The number of carbonyl (C=O) groups excluding carboxylic acids is 3. The largest absolute Gasteiger partial charge is 0.510 e. The van der Waals surface area contributed by atoms with Gasteiger partial charge in [0.05, 0.1) is 17.6 Å². The maximum atomic E-state index is 12.5. The van der Waals surface area contributed by atoms with Gasteiger partial charge in [0.25, 0.3) is 0 Å². The van der Waals surface area contributed by atoms with E-state index in [-0.39, 0.29) is 22.4 Å². The fourth-order valence-electron chi connectivity index (χ4n) is 4.08. The Bertz CT molecular complexity index is 957. The summed E-state index contributed by atoms with van der Waals surface area (Å²) in [5.74, 6) is -5.33. The highest BCUT2D eigenvalue weighted by atomic mass is 16.7. The van der Waals surface area contributed by atoms with Gasteiger partial charge in [-0.05, 0) is 27.7 Å². The molecule has 0 aromatic heterocycles. The van der Waals surface area contributed by atoms with E-state index in [1.165, 1.54) is 27.9 Å². The van der Waals surface area contributed by atoms with Gasteiger partial charge in [0.1, 0.15) is 34.0 Å². The second kappa shape index (κ2) is 5.56. The van der Waals surface area contributed by atoms with Crippen molar-refractivity contribution in [2.45, 2.75) is 45.3 Å². The number of aliphatic hydroxyl groups is 1. The summed E-state index contributed by atoms with van der Waals surface area (Å²) in [5.41, 5.74) is -2.27. The van der Waals surface area contributed by atoms with Crippen LogP contribution in [-0.4, -0.2) is 45.6 Å². The Morgan fingerprint density at radius 2 is 1.70 bits per heavy atom. The van der Waals surface area contributed by atoms with Gasteiger partial charge in [0.15, 0.2) is 17.3 Å². The van der Waals surface area contributed by atoms with Crippen LogP contribution in [0.15, 0.2) is 11.3 Å². The first-order chi connectivity index (χ1) is 12.4. The van der Waals surface area contributed by atoms with Crippen molar-refractivity contribution in [1.29, 1.82) is 0 Å². The van der Waals surface area contributed by atoms with Gasteiger partial charge in [-0.25, -0.2) is 0 Å². The molecule has 1 aromatic carbocycles. The third kappa shape index (κ3) is 2.04. The quantitative estimate of drug-likeness (QED) is 0.539. The Labute approximate surface area is 155 Å². The number of ether oxygens (including phenoxy) is 2. The van der Waals surface area contributed by atoms with Crippen LogP contribution in [0.2, 0.25) is 0 Å². The van der Waals surface area contributed by atoms with E-state index in [2.05, 4.69) is 0 Å². The Kier molecular flexibility index (Phi) is 3.89. The summed E-state index contributed by atoms with van der Waals surface area (Å²) in [6.07, 6.45) is -0.400. The van der Waals surface area contributed by atoms with E-state index in [1.54, 1.807) is 0 Å². The molecule has 8 heteroatoms. The van der Waals surface area contributed by atoms with Crippen LogP contribution in [0.3, 0.4) is 0 Å². The third-order valence-electron chi connectivity index (χ3n) is 5.58. The summed E-state index contributed by atoms with van der Waals surface area (Å²) in [6.45, 7) is 5.24. The zero-order chi connectivity index (χ0) is 20.5. The van der Waals surface area contributed by atoms with Crippen LogP contribution in [0, 0.1) is 6.92 Å².